The molecule has 2 atom stereocenters. The van der Waals surface area contributed by atoms with Crippen LogP contribution >= 0.6 is 23.2 Å². The van der Waals surface area contributed by atoms with Crippen molar-refractivity contribution in [1.29, 1.82) is 0 Å². The Morgan fingerprint density at radius 3 is 2.33 bits per heavy atom. The number of hydrogen-bond donors (Lipinski definition) is 1. The second kappa shape index (κ2) is 12.3. The Bertz CT molecular complexity index is 869. The summed E-state index contributed by atoms with van der Waals surface area (Å²) < 4.78 is 17.0. The molecule has 1 aliphatic heterocycles. The summed E-state index contributed by atoms with van der Waals surface area (Å²) in [5, 5.41) is 10.9. The number of hydrogen-bond acceptors (Lipinski definition) is 5. The average Bonchev–Trinajstić information content (AvgIpc) is 2.82. The monoisotopic (exact) mass is 495 g/mol. The van der Waals surface area contributed by atoms with Gasteiger partial charge in [-0.1, -0.05) is 50.6 Å². The van der Waals surface area contributed by atoms with Gasteiger partial charge in [-0.25, -0.2) is 0 Å². The van der Waals surface area contributed by atoms with Crippen LogP contribution in [0.5, 0.6) is 11.5 Å². The highest BCUT2D eigenvalue weighted by Gasteiger charge is 2.24. The molecule has 1 heterocycles. The number of benzene rings is 2. The van der Waals surface area contributed by atoms with Gasteiger partial charge in [0.25, 0.3) is 0 Å². The SMILES string of the molecule is C[C@H](CCl)COc1ccc(C(C)(C)c2ccc(OC[C@H](O)CN3CCOCC3)cc2)cc1Cl. The minimum Gasteiger partial charge on any atom is -0.492 e. The standard InChI is InChI=1S/C26H35Cl2NO4/c1-19(15-27)17-33-25-9-6-21(14-24(25)28)26(2,3)20-4-7-23(8-5-20)32-18-22(30)16-29-10-12-31-13-11-29/h4-9,14,19,22,30H,10-13,15-18H2,1-3H3/t19-,22-/m1/s1. The molecular weight excluding hydrogens is 461 g/mol. The number of nitrogens with zero attached hydrogens (tertiary/aromatic N) is 1. The Hall–Kier alpha value is -1.50. The maximum Gasteiger partial charge on any atom is 0.137 e. The summed E-state index contributed by atoms with van der Waals surface area (Å²) in [5.41, 5.74) is 1.99. The minimum atomic E-state index is -0.533. The summed E-state index contributed by atoms with van der Waals surface area (Å²) in [7, 11) is 0. The van der Waals surface area contributed by atoms with E-state index < -0.39 is 6.10 Å². The Morgan fingerprint density at radius 1 is 1.03 bits per heavy atom. The van der Waals surface area contributed by atoms with Gasteiger partial charge in [0.1, 0.15) is 24.2 Å². The predicted octanol–water partition coefficient (Wildman–Crippen LogP) is 4.99. The highest BCUT2D eigenvalue weighted by Crippen LogP contribution is 2.36. The number of rotatable bonds is 11. The maximum absolute atomic E-state index is 10.3. The third-order valence-corrected chi connectivity index (χ3v) is 6.85. The van der Waals surface area contributed by atoms with Gasteiger partial charge in [0.2, 0.25) is 0 Å². The van der Waals surface area contributed by atoms with Crippen molar-refractivity contribution in [3.05, 3.63) is 58.6 Å². The lowest BCUT2D eigenvalue weighted by molar-refractivity contribution is 0.00465. The molecule has 3 rings (SSSR count). The first-order valence-corrected chi connectivity index (χ1v) is 12.4. The molecule has 0 radical (unpaired) electrons. The van der Waals surface area contributed by atoms with Gasteiger partial charge in [-0.15, -0.1) is 11.6 Å². The highest BCUT2D eigenvalue weighted by molar-refractivity contribution is 6.32. The van der Waals surface area contributed by atoms with Gasteiger partial charge in [-0.2, -0.15) is 0 Å². The summed E-state index contributed by atoms with van der Waals surface area (Å²) in [4.78, 5) is 2.20. The van der Waals surface area contributed by atoms with Crippen LogP contribution < -0.4 is 9.47 Å². The second-order valence-electron chi connectivity index (χ2n) is 9.24. The van der Waals surface area contributed by atoms with Gasteiger partial charge < -0.3 is 19.3 Å². The van der Waals surface area contributed by atoms with Crippen molar-refractivity contribution in [2.45, 2.75) is 32.3 Å². The van der Waals surface area contributed by atoms with Crippen molar-refractivity contribution in [2.24, 2.45) is 5.92 Å². The smallest absolute Gasteiger partial charge is 0.137 e. The number of halogens is 2. The molecule has 0 aliphatic carbocycles. The highest BCUT2D eigenvalue weighted by atomic mass is 35.5. The molecule has 1 saturated heterocycles. The van der Waals surface area contributed by atoms with E-state index in [0.29, 0.717) is 29.8 Å². The van der Waals surface area contributed by atoms with Crippen molar-refractivity contribution >= 4 is 23.2 Å². The lowest BCUT2D eigenvalue weighted by Gasteiger charge is -2.28. The number of ether oxygens (including phenoxy) is 3. The molecule has 182 valence electrons. The number of morpholine rings is 1. The zero-order chi connectivity index (χ0) is 23.8. The lowest BCUT2D eigenvalue weighted by Crippen LogP contribution is -2.42. The lowest BCUT2D eigenvalue weighted by atomic mass is 9.78. The molecule has 7 heteroatoms. The molecule has 0 aromatic heterocycles. The summed E-state index contributed by atoms with van der Waals surface area (Å²) in [6.07, 6.45) is -0.533. The Balaban J connectivity index is 1.57. The predicted molar refractivity (Wildman–Crippen MR) is 134 cm³/mol. The molecule has 5 nitrogen and oxygen atoms in total. The van der Waals surface area contributed by atoms with Crippen LogP contribution in [0.25, 0.3) is 0 Å². The summed E-state index contributed by atoms with van der Waals surface area (Å²) in [6, 6.07) is 14.0. The van der Waals surface area contributed by atoms with Gasteiger partial charge in [-0.3, -0.25) is 4.90 Å². The number of aliphatic hydroxyl groups is 1. The van der Waals surface area contributed by atoms with Crippen molar-refractivity contribution in [3.63, 3.8) is 0 Å². The normalized spacial score (nSPS) is 16.9. The Labute approximate surface area is 207 Å². The summed E-state index contributed by atoms with van der Waals surface area (Å²) >= 11 is 12.4. The molecule has 0 unspecified atom stereocenters. The first-order chi connectivity index (χ1) is 15.8. The second-order valence-corrected chi connectivity index (χ2v) is 9.96. The Kier molecular flexibility index (Phi) is 9.71. The van der Waals surface area contributed by atoms with Crippen LogP contribution in [-0.4, -0.2) is 68.1 Å². The van der Waals surface area contributed by atoms with Gasteiger partial charge in [0.15, 0.2) is 0 Å². The summed E-state index contributed by atoms with van der Waals surface area (Å²) in [5.74, 6) is 2.23. The number of β-amino-alcohol motifs (C(OH)–C–C–N with tert-alkyl or cyclic N) is 1. The average molecular weight is 496 g/mol. The van der Waals surface area contributed by atoms with Crippen LogP contribution in [0.2, 0.25) is 5.02 Å². The largest absolute Gasteiger partial charge is 0.492 e. The van der Waals surface area contributed by atoms with E-state index in [-0.39, 0.29) is 17.9 Å². The molecule has 0 saturated carbocycles. The molecule has 1 aliphatic rings. The van der Waals surface area contributed by atoms with E-state index in [1.807, 2.05) is 31.2 Å². The van der Waals surface area contributed by atoms with E-state index in [1.165, 1.54) is 0 Å². The molecule has 0 amide bonds. The molecule has 2 aromatic rings. The van der Waals surface area contributed by atoms with Crippen LogP contribution in [0.1, 0.15) is 31.9 Å². The van der Waals surface area contributed by atoms with E-state index in [0.717, 1.165) is 43.2 Å². The molecule has 1 N–H and O–H groups in total. The number of alkyl halides is 1. The van der Waals surface area contributed by atoms with E-state index in [9.17, 15) is 5.11 Å². The van der Waals surface area contributed by atoms with Crippen LogP contribution in [0.3, 0.4) is 0 Å². The van der Waals surface area contributed by atoms with Crippen molar-refractivity contribution in [2.75, 3.05) is 51.9 Å². The Morgan fingerprint density at radius 2 is 1.70 bits per heavy atom. The molecule has 33 heavy (non-hydrogen) atoms. The third kappa shape index (κ3) is 7.49. The quantitative estimate of drug-likeness (QED) is 0.445. The van der Waals surface area contributed by atoms with E-state index in [2.05, 4.69) is 36.9 Å². The fraction of sp³-hybridized carbons (Fsp3) is 0.538. The number of aliphatic hydroxyl groups excluding tert-OH is 1. The molecule has 2 aromatic carbocycles. The molecule has 1 fully saturated rings. The van der Waals surface area contributed by atoms with Crippen LogP contribution in [0.4, 0.5) is 0 Å². The van der Waals surface area contributed by atoms with E-state index in [1.54, 1.807) is 0 Å². The minimum absolute atomic E-state index is 0.250. The van der Waals surface area contributed by atoms with Crippen molar-refractivity contribution in [1.82, 2.24) is 4.90 Å². The van der Waals surface area contributed by atoms with Crippen molar-refractivity contribution < 1.29 is 19.3 Å². The maximum atomic E-state index is 10.3. The third-order valence-electron chi connectivity index (χ3n) is 6.03. The molecule has 0 spiro atoms. The molecular formula is C26H35Cl2NO4. The molecule has 0 bridgehead atoms. The first kappa shape index (κ1) is 26.1. The van der Waals surface area contributed by atoms with Crippen LogP contribution in [0, 0.1) is 5.92 Å². The van der Waals surface area contributed by atoms with Crippen LogP contribution in [0.15, 0.2) is 42.5 Å². The summed E-state index contributed by atoms with van der Waals surface area (Å²) in [6.45, 7) is 10.9. The van der Waals surface area contributed by atoms with Crippen LogP contribution in [-0.2, 0) is 10.2 Å². The zero-order valence-corrected chi connectivity index (χ0v) is 21.2. The topological polar surface area (TPSA) is 51.2 Å². The first-order valence-electron chi connectivity index (χ1n) is 11.5. The van der Waals surface area contributed by atoms with Gasteiger partial charge in [0, 0.05) is 36.8 Å². The zero-order valence-electron chi connectivity index (χ0n) is 19.7. The van der Waals surface area contributed by atoms with E-state index >= 15 is 0 Å². The van der Waals surface area contributed by atoms with Gasteiger partial charge in [-0.05, 0) is 35.4 Å². The van der Waals surface area contributed by atoms with Gasteiger partial charge in [0.05, 0.1) is 24.8 Å². The van der Waals surface area contributed by atoms with E-state index in [4.69, 9.17) is 37.4 Å². The van der Waals surface area contributed by atoms with Crippen molar-refractivity contribution in [3.8, 4) is 11.5 Å². The van der Waals surface area contributed by atoms with Gasteiger partial charge >= 0.3 is 0 Å². The fourth-order valence-corrected chi connectivity index (χ4v) is 4.07. The fourth-order valence-electron chi connectivity index (χ4n) is 3.74.